The number of rotatable bonds is 9. The fraction of sp³-hybridized carbons (Fsp3) is 0.600. The average Bonchev–Trinajstić information content (AvgIpc) is 2.92. The van der Waals surface area contributed by atoms with Gasteiger partial charge < -0.3 is 14.9 Å². The number of hydrogen-bond donors (Lipinski definition) is 1. The number of Topliss-reactive ketones (excluding diaryl/α,β-unsaturated/α-hetero) is 1. The van der Waals surface area contributed by atoms with Gasteiger partial charge in [-0.3, -0.25) is 9.59 Å². The first-order valence-corrected chi connectivity index (χ1v) is 11.1. The van der Waals surface area contributed by atoms with Crippen LogP contribution >= 0.6 is 0 Å². The molecule has 5 nitrogen and oxygen atoms in total. The topological polar surface area (TPSA) is 60.9 Å². The van der Waals surface area contributed by atoms with Crippen molar-refractivity contribution in [3.05, 3.63) is 46.7 Å². The molecule has 0 spiro atoms. The molecular formula is C25H38N2O3. The SMILES string of the molecule is CCN(CC)CCN1C(=O)C(O)=C(C(=O)CC(C)C)C1c1ccc(C(C)(C)C)cc1. The van der Waals surface area contributed by atoms with Crippen LogP contribution in [0.3, 0.4) is 0 Å². The van der Waals surface area contributed by atoms with Crippen molar-refractivity contribution in [2.45, 2.75) is 66.3 Å². The summed E-state index contributed by atoms with van der Waals surface area (Å²) in [6, 6.07) is 7.56. The molecule has 1 heterocycles. The van der Waals surface area contributed by atoms with Gasteiger partial charge in [-0.25, -0.2) is 0 Å². The monoisotopic (exact) mass is 414 g/mol. The highest BCUT2D eigenvalue weighted by atomic mass is 16.3. The van der Waals surface area contributed by atoms with E-state index in [0.717, 1.165) is 18.7 Å². The molecule has 1 aliphatic heterocycles. The summed E-state index contributed by atoms with van der Waals surface area (Å²) in [5, 5.41) is 10.7. The molecule has 1 aliphatic rings. The number of amides is 1. The lowest BCUT2D eigenvalue weighted by Gasteiger charge is -2.30. The second-order valence-electron chi connectivity index (χ2n) is 9.58. The van der Waals surface area contributed by atoms with Gasteiger partial charge in [-0.1, -0.05) is 72.7 Å². The first kappa shape index (κ1) is 24.1. The fourth-order valence-electron chi connectivity index (χ4n) is 3.95. The molecule has 1 N–H and O–H groups in total. The highest BCUT2D eigenvalue weighted by molar-refractivity contribution is 6.09. The molecule has 0 radical (unpaired) electrons. The van der Waals surface area contributed by atoms with E-state index in [9.17, 15) is 14.7 Å². The molecule has 30 heavy (non-hydrogen) atoms. The van der Waals surface area contributed by atoms with E-state index in [2.05, 4.69) is 51.7 Å². The standard InChI is InChI=1S/C25H38N2O3/c1-8-26(9-2)14-15-27-22(18-10-12-19(13-11-18)25(5,6)7)21(23(29)24(27)30)20(28)16-17(3)4/h10-13,17,22,29H,8-9,14-16H2,1-7H3. The predicted octanol–water partition coefficient (Wildman–Crippen LogP) is 4.64. The van der Waals surface area contributed by atoms with Gasteiger partial charge in [0.05, 0.1) is 11.6 Å². The third kappa shape index (κ3) is 5.31. The van der Waals surface area contributed by atoms with Gasteiger partial charge >= 0.3 is 0 Å². The molecule has 1 unspecified atom stereocenters. The number of likely N-dealkylation sites (N-methyl/N-ethyl adjacent to an activating group) is 1. The highest BCUT2D eigenvalue weighted by Gasteiger charge is 2.43. The van der Waals surface area contributed by atoms with Gasteiger partial charge in [-0.2, -0.15) is 0 Å². The molecule has 0 fully saturated rings. The van der Waals surface area contributed by atoms with E-state index < -0.39 is 11.9 Å². The predicted molar refractivity (Wildman–Crippen MR) is 122 cm³/mol. The number of benzene rings is 1. The Morgan fingerprint density at radius 1 is 1.13 bits per heavy atom. The maximum Gasteiger partial charge on any atom is 0.290 e. The number of ketones is 1. The van der Waals surface area contributed by atoms with Crippen LogP contribution in [0.5, 0.6) is 0 Å². The Morgan fingerprint density at radius 3 is 2.17 bits per heavy atom. The lowest BCUT2D eigenvalue weighted by atomic mass is 9.85. The Morgan fingerprint density at radius 2 is 1.70 bits per heavy atom. The summed E-state index contributed by atoms with van der Waals surface area (Å²) in [6.45, 7) is 17.5. The number of hydrogen-bond acceptors (Lipinski definition) is 4. The summed E-state index contributed by atoms with van der Waals surface area (Å²) < 4.78 is 0. The summed E-state index contributed by atoms with van der Waals surface area (Å²) in [5.74, 6) is -0.822. The molecule has 166 valence electrons. The van der Waals surface area contributed by atoms with E-state index >= 15 is 0 Å². The molecule has 0 aliphatic carbocycles. The minimum Gasteiger partial charge on any atom is -0.503 e. The molecule has 0 bridgehead atoms. The number of nitrogens with zero attached hydrogens (tertiary/aromatic N) is 2. The summed E-state index contributed by atoms with van der Waals surface area (Å²) in [6.07, 6.45) is 0.313. The average molecular weight is 415 g/mol. The molecule has 1 atom stereocenters. The number of aliphatic hydroxyl groups is 1. The largest absolute Gasteiger partial charge is 0.503 e. The Kier molecular flexibility index (Phi) is 7.87. The maximum atomic E-state index is 13.0. The smallest absolute Gasteiger partial charge is 0.290 e. The van der Waals surface area contributed by atoms with Crippen LogP contribution in [0, 0.1) is 5.92 Å². The van der Waals surface area contributed by atoms with Crippen molar-refractivity contribution >= 4 is 11.7 Å². The van der Waals surface area contributed by atoms with Gasteiger partial charge in [0.1, 0.15) is 0 Å². The van der Waals surface area contributed by atoms with Gasteiger partial charge in [-0.05, 0) is 35.5 Å². The van der Waals surface area contributed by atoms with E-state index in [1.165, 1.54) is 5.56 Å². The number of carbonyl (C=O) groups excluding carboxylic acids is 2. The second kappa shape index (κ2) is 9.78. The summed E-state index contributed by atoms with van der Waals surface area (Å²) in [5.41, 5.74) is 2.32. The van der Waals surface area contributed by atoms with Crippen molar-refractivity contribution in [1.29, 1.82) is 0 Å². The third-order valence-electron chi connectivity index (χ3n) is 5.84. The van der Waals surface area contributed by atoms with E-state index in [1.807, 2.05) is 26.0 Å². The van der Waals surface area contributed by atoms with Crippen LogP contribution in [0.15, 0.2) is 35.6 Å². The fourth-order valence-corrected chi connectivity index (χ4v) is 3.95. The molecule has 1 aromatic carbocycles. The van der Waals surface area contributed by atoms with Crippen molar-refractivity contribution in [1.82, 2.24) is 9.80 Å². The van der Waals surface area contributed by atoms with Crippen molar-refractivity contribution < 1.29 is 14.7 Å². The summed E-state index contributed by atoms with van der Waals surface area (Å²) in [4.78, 5) is 29.9. The van der Waals surface area contributed by atoms with E-state index in [0.29, 0.717) is 19.5 Å². The zero-order valence-corrected chi connectivity index (χ0v) is 19.7. The summed E-state index contributed by atoms with van der Waals surface area (Å²) in [7, 11) is 0. The zero-order chi connectivity index (χ0) is 22.6. The highest BCUT2D eigenvalue weighted by Crippen LogP contribution is 2.39. The molecule has 5 heteroatoms. The van der Waals surface area contributed by atoms with E-state index in [4.69, 9.17) is 0 Å². The minimum atomic E-state index is -0.534. The van der Waals surface area contributed by atoms with Crippen molar-refractivity contribution in [3.8, 4) is 0 Å². The van der Waals surface area contributed by atoms with Crippen LogP contribution in [0.25, 0.3) is 0 Å². The first-order valence-electron chi connectivity index (χ1n) is 11.1. The number of aliphatic hydroxyl groups excluding tert-OH is 1. The quantitative estimate of drug-likeness (QED) is 0.640. The molecule has 2 rings (SSSR count). The normalized spacial score (nSPS) is 17.6. The van der Waals surface area contributed by atoms with Crippen LogP contribution in [0.2, 0.25) is 0 Å². The summed E-state index contributed by atoms with van der Waals surface area (Å²) >= 11 is 0. The number of carbonyl (C=O) groups is 2. The lowest BCUT2D eigenvalue weighted by Crippen LogP contribution is -2.38. The maximum absolute atomic E-state index is 13.0. The molecule has 0 saturated heterocycles. The molecule has 1 aromatic rings. The van der Waals surface area contributed by atoms with Crippen LogP contribution in [-0.4, -0.2) is 52.8 Å². The zero-order valence-electron chi connectivity index (χ0n) is 19.7. The van der Waals surface area contributed by atoms with Crippen molar-refractivity contribution in [2.75, 3.05) is 26.2 Å². The van der Waals surface area contributed by atoms with Crippen molar-refractivity contribution in [3.63, 3.8) is 0 Å². The van der Waals surface area contributed by atoms with Gasteiger partial charge in [0.25, 0.3) is 5.91 Å². The molecule has 1 amide bonds. The third-order valence-corrected chi connectivity index (χ3v) is 5.84. The van der Waals surface area contributed by atoms with E-state index in [1.54, 1.807) is 4.90 Å². The Hall–Kier alpha value is -2.14. The Bertz CT molecular complexity index is 784. The van der Waals surface area contributed by atoms with Gasteiger partial charge in [0.15, 0.2) is 11.5 Å². The van der Waals surface area contributed by atoms with E-state index in [-0.39, 0.29) is 28.4 Å². The Balaban J connectivity index is 2.44. The van der Waals surface area contributed by atoms with Crippen molar-refractivity contribution in [2.24, 2.45) is 5.92 Å². The van der Waals surface area contributed by atoms with Crippen LogP contribution < -0.4 is 0 Å². The second-order valence-corrected chi connectivity index (χ2v) is 9.58. The molecule has 0 aromatic heterocycles. The van der Waals surface area contributed by atoms with Gasteiger partial charge in [-0.15, -0.1) is 0 Å². The van der Waals surface area contributed by atoms with Gasteiger partial charge in [0, 0.05) is 19.5 Å². The van der Waals surface area contributed by atoms with Crippen LogP contribution in [0.1, 0.15) is 72.1 Å². The Labute approximate surface area is 181 Å². The van der Waals surface area contributed by atoms with Crippen LogP contribution in [0.4, 0.5) is 0 Å². The lowest BCUT2D eigenvalue weighted by molar-refractivity contribution is -0.129. The first-order chi connectivity index (χ1) is 14.0. The molecule has 0 saturated carbocycles. The minimum absolute atomic E-state index is 0.0146. The van der Waals surface area contributed by atoms with Gasteiger partial charge in [0.2, 0.25) is 0 Å². The molecular weight excluding hydrogens is 376 g/mol. The van der Waals surface area contributed by atoms with Crippen LogP contribution in [-0.2, 0) is 15.0 Å².